The largest absolute Gasteiger partial charge is 0.454 e. The van der Waals surface area contributed by atoms with Crippen molar-refractivity contribution in [3.63, 3.8) is 0 Å². The molecule has 0 fully saturated rings. The molecule has 0 aliphatic heterocycles. The molecule has 0 aliphatic carbocycles. The van der Waals surface area contributed by atoms with E-state index in [-0.39, 0.29) is 31.3 Å². The molecule has 1 aromatic carbocycles. The Morgan fingerprint density at radius 3 is 2.65 bits per heavy atom. The topological polar surface area (TPSA) is 77.5 Å². The molecule has 0 saturated heterocycles. The summed E-state index contributed by atoms with van der Waals surface area (Å²) in [5.41, 5.74) is 0.560. The predicted molar refractivity (Wildman–Crippen MR) is 88.1 cm³/mol. The molecule has 6 nitrogen and oxygen atoms in total. The first-order chi connectivity index (χ1) is 10.8. The van der Waals surface area contributed by atoms with Crippen molar-refractivity contribution in [3.05, 3.63) is 29.3 Å². The monoisotopic (exact) mass is 336 g/mol. The fraction of sp³-hybridized carbons (Fsp3) is 0.438. The zero-order chi connectivity index (χ0) is 16.9. The Bertz CT molecular complexity index is 658. The zero-order valence-corrected chi connectivity index (χ0v) is 14.2. The van der Waals surface area contributed by atoms with Gasteiger partial charge in [0.05, 0.1) is 16.8 Å². The summed E-state index contributed by atoms with van der Waals surface area (Å²) < 4.78 is 11.2. The third-order valence-corrected chi connectivity index (χ3v) is 3.67. The average molecular weight is 336 g/mol. The predicted octanol–water partition coefficient (Wildman–Crippen LogP) is 2.27. The number of para-hydroxylation sites is 1. The molecule has 0 aliphatic rings. The zero-order valence-electron chi connectivity index (χ0n) is 13.4. The van der Waals surface area contributed by atoms with Crippen LogP contribution in [0.4, 0.5) is 0 Å². The second kappa shape index (κ2) is 7.52. The Kier molecular flexibility index (Phi) is 5.68. The van der Waals surface area contributed by atoms with E-state index in [0.29, 0.717) is 0 Å². The molecule has 2 rings (SSSR count). The molecule has 0 saturated carbocycles. The van der Waals surface area contributed by atoms with Gasteiger partial charge < -0.3 is 14.8 Å². The van der Waals surface area contributed by atoms with E-state index in [1.165, 1.54) is 11.3 Å². The van der Waals surface area contributed by atoms with Gasteiger partial charge in [-0.05, 0) is 32.9 Å². The number of aromatic nitrogens is 1. The first-order valence-electron chi connectivity index (χ1n) is 7.22. The van der Waals surface area contributed by atoms with Gasteiger partial charge in [-0.2, -0.15) is 0 Å². The SMILES string of the molecule is CC(C)(C)NC(=O)COC(=O)COCc1nc2ccccc2s1. The molecule has 1 N–H and O–H groups in total. The van der Waals surface area contributed by atoms with Gasteiger partial charge in [0.2, 0.25) is 0 Å². The third kappa shape index (κ3) is 5.96. The Morgan fingerprint density at radius 1 is 1.22 bits per heavy atom. The van der Waals surface area contributed by atoms with Crippen LogP contribution in [0, 0.1) is 0 Å². The fourth-order valence-corrected chi connectivity index (χ4v) is 2.75. The fourth-order valence-electron chi connectivity index (χ4n) is 1.85. The van der Waals surface area contributed by atoms with E-state index >= 15 is 0 Å². The molecule has 2 aromatic rings. The number of ether oxygens (including phenoxy) is 2. The normalized spacial score (nSPS) is 11.4. The maximum atomic E-state index is 11.5. The van der Waals surface area contributed by atoms with Crippen molar-refractivity contribution in [1.29, 1.82) is 0 Å². The molecule has 1 aromatic heterocycles. The maximum Gasteiger partial charge on any atom is 0.332 e. The van der Waals surface area contributed by atoms with Gasteiger partial charge >= 0.3 is 5.97 Å². The number of hydrogen-bond acceptors (Lipinski definition) is 6. The van der Waals surface area contributed by atoms with E-state index in [4.69, 9.17) is 9.47 Å². The molecule has 124 valence electrons. The number of benzene rings is 1. The van der Waals surface area contributed by atoms with E-state index in [2.05, 4.69) is 10.3 Å². The number of thiazole rings is 1. The minimum atomic E-state index is -0.574. The van der Waals surface area contributed by atoms with Crippen LogP contribution in [0.15, 0.2) is 24.3 Å². The van der Waals surface area contributed by atoms with Crippen LogP contribution in [0.25, 0.3) is 10.2 Å². The highest BCUT2D eigenvalue weighted by atomic mass is 32.1. The van der Waals surface area contributed by atoms with Crippen LogP contribution in [-0.4, -0.2) is 35.6 Å². The Balaban J connectivity index is 1.69. The van der Waals surface area contributed by atoms with E-state index in [1.54, 1.807) is 0 Å². The summed E-state index contributed by atoms with van der Waals surface area (Å²) in [6.45, 7) is 5.29. The second-order valence-electron chi connectivity index (χ2n) is 6.03. The average Bonchev–Trinajstić information content (AvgIpc) is 2.86. The minimum absolute atomic E-state index is 0.210. The standard InChI is InChI=1S/C16H20N2O4S/c1-16(2,3)18-13(19)8-22-15(20)10-21-9-14-17-11-6-4-5-7-12(11)23-14/h4-7H,8-10H2,1-3H3,(H,18,19). The van der Waals surface area contributed by atoms with E-state index in [9.17, 15) is 9.59 Å². The molecular formula is C16H20N2O4S. The lowest BCUT2D eigenvalue weighted by molar-refractivity contribution is -0.153. The summed E-state index contributed by atoms with van der Waals surface area (Å²) in [6.07, 6.45) is 0. The van der Waals surface area contributed by atoms with Crippen LogP contribution < -0.4 is 5.32 Å². The van der Waals surface area contributed by atoms with E-state index < -0.39 is 5.97 Å². The summed E-state index contributed by atoms with van der Waals surface area (Å²) in [7, 11) is 0. The number of carbonyl (C=O) groups excluding carboxylic acids is 2. The maximum absolute atomic E-state index is 11.5. The Hall–Kier alpha value is -1.99. The van der Waals surface area contributed by atoms with Crippen LogP contribution in [0.5, 0.6) is 0 Å². The van der Waals surface area contributed by atoms with Crippen molar-refractivity contribution in [1.82, 2.24) is 10.3 Å². The van der Waals surface area contributed by atoms with Crippen molar-refractivity contribution < 1.29 is 19.1 Å². The van der Waals surface area contributed by atoms with Gasteiger partial charge in [-0.3, -0.25) is 4.79 Å². The smallest absolute Gasteiger partial charge is 0.332 e. The molecule has 7 heteroatoms. The number of carbonyl (C=O) groups is 2. The first-order valence-corrected chi connectivity index (χ1v) is 8.04. The molecule has 0 unspecified atom stereocenters. The molecule has 0 spiro atoms. The minimum Gasteiger partial charge on any atom is -0.454 e. The van der Waals surface area contributed by atoms with Crippen LogP contribution in [-0.2, 0) is 25.7 Å². The van der Waals surface area contributed by atoms with Gasteiger partial charge in [0.25, 0.3) is 5.91 Å². The van der Waals surface area contributed by atoms with Gasteiger partial charge in [0, 0.05) is 5.54 Å². The quantitative estimate of drug-likeness (QED) is 0.819. The van der Waals surface area contributed by atoms with E-state index in [0.717, 1.165) is 15.2 Å². The van der Waals surface area contributed by atoms with Crippen LogP contribution in [0.3, 0.4) is 0 Å². The van der Waals surface area contributed by atoms with Gasteiger partial charge in [-0.1, -0.05) is 12.1 Å². The van der Waals surface area contributed by atoms with Crippen molar-refractivity contribution >= 4 is 33.4 Å². The van der Waals surface area contributed by atoms with Crippen molar-refractivity contribution in [2.75, 3.05) is 13.2 Å². The van der Waals surface area contributed by atoms with Crippen molar-refractivity contribution in [2.45, 2.75) is 32.9 Å². The lowest BCUT2D eigenvalue weighted by Crippen LogP contribution is -2.42. The van der Waals surface area contributed by atoms with Gasteiger partial charge in [0.1, 0.15) is 11.6 Å². The van der Waals surface area contributed by atoms with Crippen LogP contribution in [0.2, 0.25) is 0 Å². The van der Waals surface area contributed by atoms with Crippen LogP contribution in [0.1, 0.15) is 25.8 Å². The van der Waals surface area contributed by atoms with Crippen molar-refractivity contribution in [3.8, 4) is 0 Å². The number of amides is 1. The number of hydrogen-bond donors (Lipinski definition) is 1. The molecule has 1 amide bonds. The number of esters is 1. The molecule has 23 heavy (non-hydrogen) atoms. The summed E-state index contributed by atoms with van der Waals surface area (Å²) in [6, 6.07) is 7.79. The lowest BCUT2D eigenvalue weighted by atomic mass is 10.1. The Labute approximate surface area is 138 Å². The summed E-state index contributed by atoms with van der Waals surface area (Å²) in [5.74, 6) is -0.910. The third-order valence-electron chi connectivity index (χ3n) is 2.66. The van der Waals surface area contributed by atoms with Gasteiger partial charge in [-0.15, -0.1) is 11.3 Å². The highest BCUT2D eigenvalue weighted by Gasteiger charge is 2.15. The van der Waals surface area contributed by atoms with Gasteiger partial charge in [-0.25, -0.2) is 9.78 Å². The van der Waals surface area contributed by atoms with Gasteiger partial charge in [0.15, 0.2) is 6.61 Å². The van der Waals surface area contributed by atoms with E-state index in [1.807, 2.05) is 45.0 Å². The summed E-state index contributed by atoms with van der Waals surface area (Å²) in [4.78, 5) is 27.5. The summed E-state index contributed by atoms with van der Waals surface area (Å²) >= 11 is 1.52. The molecule has 1 heterocycles. The molecule has 0 bridgehead atoms. The lowest BCUT2D eigenvalue weighted by Gasteiger charge is -2.20. The number of rotatable bonds is 6. The highest BCUT2D eigenvalue weighted by Crippen LogP contribution is 2.21. The molecular weight excluding hydrogens is 316 g/mol. The molecule has 0 atom stereocenters. The first kappa shape index (κ1) is 17.4. The second-order valence-corrected chi connectivity index (χ2v) is 7.14. The van der Waals surface area contributed by atoms with Crippen molar-refractivity contribution in [2.24, 2.45) is 0 Å². The number of nitrogens with one attached hydrogen (secondary N) is 1. The number of nitrogens with zero attached hydrogens (tertiary/aromatic N) is 1. The number of fused-ring (bicyclic) bond motifs is 1. The van der Waals surface area contributed by atoms with Crippen LogP contribution >= 0.6 is 11.3 Å². The molecule has 0 radical (unpaired) electrons. The Morgan fingerprint density at radius 2 is 1.96 bits per heavy atom. The summed E-state index contributed by atoms with van der Waals surface area (Å²) in [5, 5.41) is 3.50. The highest BCUT2D eigenvalue weighted by molar-refractivity contribution is 7.18.